The molecule has 1 atom stereocenters. The number of rotatable bonds is 4. The molecule has 0 radical (unpaired) electrons. The van der Waals surface area contributed by atoms with Crippen molar-refractivity contribution in [2.24, 2.45) is 5.73 Å². The molecule has 10 heavy (non-hydrogen) atoms. The average molecular weight is 184 g/mol. The summed E-state index contributed by atoms with van der Waals surface area (Å²) >= 11 is 3.82. The highest BCUT2D eigenvalue weighted by molar-refractivity contribution is 7.85. The summed E-state index contributed by atoms with van der Waals surface area (Å²) in [5.74, 6) is 0.00421. The van der Waals surface area contributed by atoms with E-state index in [1.807, 2.05) is 0 Å². The van der Waals surface area contributed by atoms with E-state index < -0.39 is 15.9 Å². The Morgan fingerprint density at radius 3 is 2.40 bits per heavy atom. The van der Waals surface area contributed by atoms with Crippen molar-refractivity contribution in [1.29, 1.82) is 0 Å². The van der Waals surface area contributed by atoms with Gasteiger partial charge in [-0.1, -0.05) is 0 Å². The molecule has 0 bridgehead atoms. The lowest BCUT2D eigenvalue weighted by molar-refractivity contribution is 0.459. The molecular weight excluding hydrogens is 174 g/mol. The Bertz CT molecular complexity index is 177. The summed E-state index contributed by atoms with van der Waals surface area (Å²) in [5.41, 5.74) is 5.30. The Balaban J connectivity index is 3.56. The summed E-state index contributed by atoms with van der Waals surface area (Å²) in [7, 11) is -4.09. The summed E-state index contributed by atoms with van der Waals surface area (Å²) in [6.45, 7) is 0. The molecule has 2 N–H and O–H groups in total. The first-order chi connectivity index (χ1) is 4.45. The first-order valence-electron chi connectivity index (χ1n) is 2.75. The Morgan fingerprint density at radius 2 is 2.10 bits per heavy atom. The van der Waals surface area contributed by atoms with Gasteiger partial charge in [0.2, 0.25) is 0 Å². The van der Waals surface area contributed by atoms with Crippen molar-refractivity contribution in [2.45, 2.75) is 12.5 Å². The molecule has 0 aromatic heterocycles. The molecule has 0 aliphatic carbocycles. The Labute approximate surface area is 66.0 Å². The van der Waals surface area contributed by atoms with Crippen LogP contribution in [0.2, 0.25) is 0 Å². The minimum atomic E-state index is -4.09. The van der Waals surface area contributed by atoms with Crippen LogP contribution in [0.5, 0.6) is 0 Å². The van der Waals surface area contributed by atoms with Gasteiger partial charge in [0.05, 0.1) is 10.1 Å². The third-order valence-electron chi connectivity index (χ3n) is 0.973. The monoisotopic (exact) mass is 184 g/mol. The quantitative estimate of drug-likeness (QED) is 0.441. The molecule has 0 amide bonds. The summed E-state index contributed by atoms with van der Waals surface area (Å²) in [5, 5.41) is 0. The molecule has 0 fully saturated rings. The Kier molecular flexibility index (Phi) is 4.26. The molecule has 6 heteroatoms. The van der Waals surface area contributed by atoms with Crippen LogP contribution >= 0.6 is 12.6 Å². The van der Waals surface area contributed by atoms with Crippen molar-refractivity contribution in [2.75, 3.05) is 11.5 Å². The van der Waals surface area contributed by atoms with Gasteiger partial charge < -0.3 is 10.3 Å². The van der Waals surface area contributed by atoms with Crippen molar-refractivity contribution in [3.63, 3.8) is 0 Å². The fourth-order valence-electron chi connectivity index (χ4n) is 0.387. The van der Waals surface area contributed by atoms with Gasteiger partial charge in [0.15, 0.2) is 0 Å². The smallest absolute Gasteiger partial charge is 0.0946 e. The van der Waals surface area contributed by atoms with Gasteiger partial charge >= 0.3 is 0 Å². The zero-order valence-electron chi connectivity index (χ0n) is 5.36. The van der Waals surface area contributed by atoms with Crippen LogP contribution in [0.3, 0.4) is 0 Å². The second-order valence-electron chi connectivity index (χ2n) is 1.99. The van der Waals surface area contributed by atoms with Crippen molar-refractivity contribution in [3.05, 3.63) is 0 Å². The molecule has 0 unspecified atom stereocenters. The van der Waals surface area contributed by atoms with E-state index in [1.165, 1.54) is 0 Å². The predicted octanol–water partition coefficient (Wildman–Crippen LogP) is -0.821. The first kappa shape index (κ1) is 10.2. The molecule has 0 saturated carbocycles. The summed E-state index contributed by atoms with van der Waals surface area (Å²) in [4.78, 5) is 0. The summed E-state index contributed by atoms with van der Waals surface area (Å²) < 4.78 is 30.0. The normalized spacial score (nSPS) is 15.1. The fourth-order valence-corrected chi connectivity index (χ4v) is 1.16. The highest BCUT2D eigenvalue weighted by atomic mass is 32.2. The summed E-state index contributed by atoms with van der Waals surface area (Å²) in [6, 6.07) is -0.299. The van der Waals surface area contributed by atoms with Crippen LogP contribution in [0.1, 0.15) is 6.42 Å². The molecule has 0 heterocycles. The van der Waals surface area contributed by atoms with E-state index in [0.29, 0.717) is 5.75 Å². The number of hydrogen-bond donors (Lipinski definition) is 2. The van der Waals surface area contributed by atoms with Crippen LogP contribution in [0.25, 0.3) is 0 Å². The van der Waals surface area contributed by atoms with Crippen molar-refractivity contribution >= 4 is 22.7 Å². The van der Waals surface area contributed by atoms with E-state index in [9.17, 15) is 13.0 Å². The van der Waals surface area contributed by atoms with Gasteiger partial charge in [0.25, 0.3) is 0 Å². The van der Waals surface area contributed by atoms with Crippen LogP contribution in [-0.2, 0) is 10.1 Å². The molecule has 0 aliphatic heterocycles. The van der Waals surface area contributed by atoms with Gasteiger partial charge in [0.1, 0.15) is 0 Å². The van der Waals surface area contributed by atoms with E-state index in [4.69, 9.17) is 5.73 Å². The topological polar surface area (TPSA) is 83.2 Å². The highest BCUT2D eigenvalue weighted by Crippen LogP contribution is 1.94. The van der Waals surface area contributed by atoms with E-state index in [2.05, 4.69) is 12.6 Å². The number of hydrogen-bond acceptors (Lipinski definition) is 5. The van der Waals surface area contributed by atoms with E-state index in [0.717, 1.165) is 0 Å². The van der Waals surface area contributed by atoms with Crippen LogP contribution in [0, 0.1) is 0 Å². The molecule has 0 aliphatic rings. The lowest BCUT2D eigenvalue weighted by Gasteiger charge is -2.09. The molecule has 0 saturated heterocycles. The van der Waals surface area contributed by atoms with Crippen molar-refractivity contribution < 1.29 is 13.0 Å². The van der Waals surface area contributed by atoms with Crippen LogP contribution in [-0.4, -0.2) is 30.5 Å². The van der Waals surface area contributed by atoms with Crippen LogP contribution in [0.15, 0.2) is 0 Å². The van der Waals surface area contributed by atoms with Gasteiger partial charge in [0, 0.05) is 17.5 Å². The zero-order chi connectivity index (χ0) is 8.20. The Hall–Kier alpha value is 0.220. The van der Waals surface area contributed by atoms with E-state index in [-0.39, 0.29) is 12.5 Å². The van der Waals surface area contributed by atoms with Crippen LogP contribution < -0.4 is 5.73 Å². The number of thiol groups is 1. The second-order valence-corrected chi connectivity index (χ2v) is 3.88. The second kappa shape index (κ2) is 4.17. The van der Waals surface area contributed by atoms with E-state index in [1.54, 1.807) is 0 Å². The zero-order valence-corrected chi connectivity index (χ0v) is 7.07. The lowest BCUT2D eigenvalue weighted by atomic mass is 10.3. The fraction of sp³-hybridized carbons (Fsp3) is 1.00. The number of nitrogens with two attached hydrogens (primary N) is 1. The molecule has 4 nitrogen and oxygen atoms in total. The average Bonchev–Trinajstić information content (AvgIpc) is 1.81. The molecule has 0 spiro atoms. The highest BCUT2D eigenvalue weighted by Gasteiger charge is 2.01. The third-order valence-corrected chi connectivity index (χ3v) is 2.18. The largest absolute Gasteiger partial charge is 0.748 e. The maximum atomic E-state index is 10.0. The molecular formula is C4H10NO3S2-. The minimum absolute atomic E-state index is 0.190. The van der Waals surface area contributed by atoms with E-state index >= 15 is 0 Å². The van der Waals surface area contributed by atoms with Gasteiger partial charge in [-0.3, -0.25) is 0 Å². The standard InChI is InChI=1S/C4H11NO3S2/c5-4(3-9)1-2-10(6,7)8/h4,9H,1-3,5H2,(H,6,7,8)/p-1/t4-/m0/s1. The third kappa shape index (κ3) is 6.34. The Morgan fingerprint density at radius 1 is 1.60 bits per heavy atom. The summed E-state index contributed by atoms with van der Waals surface area (Å²) in [6.07, 6.45) is 0.190. The van der Waals surface area contributed by atoms with Crippen LogP contribution in [0.4, 0.5) is 0 Å². The minimum Gasteiger partial charge on any atom is -0.748 e. The maximum absolute atomic E-state index is 10.0. The van der Waals surface area contributed by atoms with Crippen molar-refractivity contribution in [3.8, 4) is 0 Å². The molecule has 0 rings (SSSR count). The van der Waals surface area contributed by atoms with Gasteiger partial charge in [-0.15, -0.1) is 0 Å². The molecule has 0 aromatic carbocycles. The van der Waals surface area contributed by atoms with Gasteiger partial charge in [-0.2, -0.15) is 12.6 Å². The SMILES string of the molecule is N[C@H](CS)CCS(=O)(=O)[O-]. The van der Waals surface area contributed by atoms with Gasteiger partial charge in [-0.25, -0.2) is 8.42 Å². The molecule has 62 valence electrons. The predicted molar refractivity (Wildman–Crippen MR) is 41.0 cm³/mol. The first-order valence-corrected chi connectivity index (χ1v) is 4.96. The molecule has 0 aromatic rings. The van der Waals surface area contributed by atoms with Crippen molar-refractivity contribution in [1.82, 2.24) is 0 Å². The van der Waals surface area contributed by atoms with Gasteiger partial charge in [-0.05, 0) is 6.42 Å². The maximum Gasteiger partial charge on any atom is 0.0946 e. The lowest BCUT2D eigenvalue weighted by Crippen LogP contribution is -2.25.